The fraction of sp³-hybridized carbons (Fsp3) is 0.526. The molecule has 2 heterocycles. The lowest BCUT2D eigenvalue weighted by Crippen LogP contribution is -2.44. The van der Waals surface area contributed by atoms with Crippen molar-refractivity contribution in [2.24, 2.45) is 0 Å². The van der Waals surface area contributed by atoms with Crippen LogP contribution in [0.25, 0.3) is 5.65 Å². The second-order valence-electron chi connectivity index (χ2n) is 8.23. The summed E-state index contributed by atoms with van der Waals surface area (Å²) >= 11 is 5.96. The standard InChI is InChI=1S/C19H25ClN4O6/c1-8-28-15(25)12-13-21-11(20)9-10-23(13)22-14(12)24(16(26)29-18(2,3)4)17(27)30-19(5,6)7/h9-10H,8H2,1-7H3. The number of esters is 1. The molecule has 0 bridgehead atoms. The summed E-state index contributed by atoms with van der Waals surface area (Å²) in [6.07, 6.45) is -0.715. The Bertz CT molecular complexity index is 946. The average molecular weight is 441 g/mol. The SMILES string of the molecule is CCOC(=O)c1c(N(C(=O)OC(C)(C)C)C(=O)OC(C)(C)C)nn2ccc(Cl)nc12. The van der Waals surface area contributed by atoms with E-state index in [2.05, 4.69) is 10.1 Å². The summed E-state index contributed by atoms with van der Waals surface area (Å²) in [4.78, 5) is 43.1. The largest absolute Gasteiger partial charge is 0.462 e. The molecule has 10 nitrogen and oxygen atoms in total. The van der Waals surface area contributed by atoms with Crippen LogP contribution < -0.4 is 4.90 Å². The number of fused-ring (bicyclic) bond motifs is 1. The third-order valence-electron chi connectivity index (χ3n) is 3.28. The van der Waals surface area contributed by atoms with Crippen LogP contribution in [0.5, 0.6) is 0 Å². The molecule has 0 saturated heterocycles. The second kappa shape index (κ2) is 8.47. The van der Waals surface area contributed by atoms with Crippen molar-refractivity contribution in [1.82, 2.24) is 14.6 Å². The van der Waals surface area contributed by atoms with E-state index < -0.39 is 29.4 Å². The molecule has 0 fully saturated rings. The van der Waals surface area contributed by atoms with Crippen molar-refractivity contribution in [1.29, 1.82) is 0 Å². The Morgan fingerprint density at radius 2 is 1.60 bits per heavy atom. The summed E-state index contributed by atoms with van der Waals surface area (Å²) in [5.74, 6) is -1.18. The molecule has 0 aliphatic carbocycles. The molecular weight excluding hydrogens is 416 g/mol. The number of anilines is 1. The number of carbonyl (C=O) groups is 3. The molecule has 0 saturated carbocycles. The van der Waals surface area contributed by atoms with Crippen LogP contribution in [-0.4, -0.2) is 50.6 Å². The quantitative estimate of drug-likeness (QED) is 0.395. The highest BCUT2D eigenvalue weighted by atomic mass is 35.5. The van der Waals surface area contributed by atoms with Gasteiger partial charge in [-0.15, -0.1) is 5.10 Å². The number of amides is 2. The lowest BCUT2D eigenvalue weighted by molar-refractivity contribution is 0.0428. The van der Waals surface area contributed by atoms with Gasteiger partial charge in [-0.2, -0.15) is 4.90 Å². The minimum Gasteiger partial charge on any atom is -0.462 e. The van der Waals surface area contributed by atoms with Gasteiger partial charge < -0.3 is 14.2 Å². The third kappa shape index (κ3) is 5.59. The Labute approximate surface area is 179 Å². The van der Waals surface area contributed by atoms with Crippen molar-refractivity contribution in [3.05, 3.63) is 23.0 Å². The Kier molecular flexibility index (Phi) is 6.60. The highest BCUT2D eigenvalue weighted by Gasteiger charge is 2.39. The van der Waals surface area contributed by atoms with E-state index >= 15 is 0 Å². The van der Waals surface area contributed by atoms with Gasteiger partial charge in [0, 0.05) is 6.20 Å². The number of hydrogen-bond donors (Lipinski definition) is 0. The molecule has 0 N–H and O–H groups in total. The topological polar surface area (TPSA) is 112 Å². The summed E-state index contributed by atoms with van der Waals surface area (Å²) in [6, 6.07) is 1.44. The minimum atomic E-state index is -1.07. The fourth-order valence-corrected chi connectivity index (χ4v) is 2.44. The van der Waals surface area contributed by atoms with E-state index in [1.165, 1.54) is 16.8 Å². The zero-order chi connectivity index (χ0) is 22.9. The average Bonchev–Trinajstić information content (AvgIpc) is 2.89. The number of nitrogens with zero attached hydrogens (tertiary/aromatic N) is 4. The van der Waals surface area contributed by atoms with Crippen LogP contribution in [0.2, 0.25) is 5.15 Å². The Hall–Kier alpha value is -2.88. The van der Waals surface area contributed by atoms with Crippen LogP contribution in [-0.2, 0) is 14.2 Å². The number of ether oxygens (including phenoxy) is 3. The molecule has 0 aromatic carbocycles. The van der Waals surface area contributed by atoms with Gasteiger partial charge in [0.15, 0.2) is 11.5 Å². The minimum absolute atomic E-state index is 0.00747. The highest BCUT2D eigenvalue weighted by molar-refractivity contribution is 6.29. The second-order valence-corrected chi connectivity index (χ2v) is 8.62. The zero-order valence-corrected chi connectivity index (χ0v) is 18.7. The molecule has 2 aromatic rings. The van der Waals surface area contributed by atoms with Gasteiger partial charge in [-0.1, -0.05) is 11.6 Å². The summed E-state index contributed by atoms with van der Waals surface area (Å²) in [7, 11) is 0. The lowest BCUT2D eigenvalue weighted by atomic mass is 10.2. The van der Waals surface area contributed by atoms with Gasteiger partial charge in [-0.3, -0.25) is 0 Å². The molecule has 2 amide bonds. The van der Waals surface area contributed by atoms with Crippen LogP contribution in [0, 0.1) is 0 Å². The van der Waals surface area contributed by atoms with Gasteiger partial charge in [0.1, 0.15) is 21.9 Å². The van der Waals surface area contributed by atoms with Crippen molar-refractivity contribution < 1.29 is 28.6 Å². The van der Waals surface area contributed by atoms with E-state index in [4.69, 9.17) is 25.8 Å². The van der Waals surface area contributed by atoms with Crippen molar-refractivity contribution >= 4 is 41.2 Å². The van der Waals surface area contributed by atoms with E-state index in [0.717, 1.165) is 0 Å². The molecule has 0 aliphatic heterocycles. The van der Waals surface area contributed by atoms with Crippen LogP contribution >= 0.6 is 11.6 Å². The summed E-state index contributed by atoms with van der Waals surface area (Å²) in [5.41, 5.74) is -2.08. The van der Waals surface area contributed by atoms with Crippen molar-refractivity contribution in [2.75, 3.05) is 11.5 Å². The van der Waals surface area contributed by atoms with Gasteiger partial charge in [-0.05, 0) is 54.5 Å². The summed E-state index contributed by atoms with van der Waals surface area (Å²) in [5, 5.41) is 4.26. The zero-order valence-electron chi connectivity index (χ0n) is 18.0. The summed E-state index contributed by atoms with van der Waals surface area (Å²) < 4.78 is 17.0. The maximum Gasteiger partial charge on any atom is 0.425 e. The van der Waals surface area contributed by atoms with Gasteiger partial charge >= 0.3 is 18.2 Å². The molecular formula is C19H25ClN4O6. The molecule has 0 spiro atoms. The molecule has 11 heteroatoms. The Balaban J connectivity index is 2.72. The number of aromatic nitrogens is 3. The maximum atomic E-state index is 12.9. The van der Waals surface area contributed by atoms with Crippen molar-refractivity contribution in [2.45, 2.75) is 59.7 Å². The molecule has 2 rings (SSSR count). The van der Waals surface area contributed by atoms with Gasteiger partial charge in [0.2, 0.25) is 0 Å². The molecule has 0 aliphatic rings. The molecule has 2 aromatic heterocycles. The van der Waals surface area contributed by atoms with E-state index in [1.54, 1.807) is 48.5 Å². The van der Waals surface area contributed by atoms with E-state index in [0.29, 0.717) is 4.90 Å². The van der Waals surface area contributed by atoms with E-state index in [1.807, 2.05) is 0 Å². The Morgan fingerprint density at radius 1 is 1.07 bits per heavy atom. The predicted octanol–water partition coefficient (Wildman–Crippen LogP) is 4.24. The predicted molar refractivity (Wildman–Crippen MR) is 109 cm³/mol. The number of hydrogen-bond acceptors (Lipinski definition) is 8. The van der Waals surface area contributed by atoms with Gasteiger partial charge in [-0.25, -0.2) is 23.9 Å². The van der Waals surface area contributed by atoms with E-state index in [-0.39, 0.29) is 28.8 Å². The highest BCUT2D eigenvalue weighted by Crippen LogP contribution is 2.28. The maximum absolute atomic E-state index is 12.9. The van der Waals surface area contributed by atoms with Crippen LogP contribution in [0.3, 0.4) is 0 Å². The third-order valence-corrected chi connectivity index (χ3v) is 3.49. The molecule has 0 atom stereocenters. The number of imide groups is 1. The van der Waals surface area contributed by atoms with Crippen LogP contribution in [0.4, 0.5) is 15.4 Å². The van der Waals surface area contributed by atoms with Crippen LogP contribution in [0.1, 0.15) is 58.8 Å². The van der Waals surface area contributed by atoms with Gasteiger partial charge in [0.25, 0.3) is 0 Å². The molecule has 164 valence electrons. The molecule has 0 radical (unpaired) electrons. The number of halogens is 1. The normalized spacial score (nSPS) is 11.9. The first-order chi connectivity index (χ1) is 13.7. The Morgan fingerprint density at radius 3 is 2.07 bits per heavy atom. The first-order valence-electron chi connectivity index (χ1n) is 9.21. The smallest absolute Gasteiger partial charge is 0.425 e. The fourth-order valence-electron chi connectivity index (χ4n) is 2.30. The number of rotatable bonds is 3. The summed E-state index contributed by atoms with van der Waals surface area (Å²) in [6.45, 7) is 11.5. The first kappa shape index (κ1) is 23.4. The monoisotopic (exact) mass is 440 g/mol. The van der Waals surface area contributed by atoms with Crippen molar-refractivity contribution in [3.63, 3.8) is 0 Å². The van der Waals surface area contributed by atoms with E-state index in [9.17, 15) is 14.4 Å². The number of carbonyl (C=O) groups excluding carboxylic acids is 3. The van der Waals surface area contributed by atoms with Crippen molar-refractivity contribution in [3.8, 4) is 0 Å². The van der Waals surface area contributed by atoms with Gasteiger partial charge in [0.05, 0.1) is 6.61 Å². The lowest BCUT2D eigenvalue weighted by Gasteiger charge is -2.27. The molecule has 0 unspecified atom stereocenters. The first-order valence-corrected chi connectivity index (χ1v) is 9.59. The molecule has 30 heavy (non-hydrogen) atoms. The van der Waals surface area contributed by atoms with Crippen LogP contribution in [0.15, 0.2) is 12.3 Å².